The smallest absolute Gasteiger partial charge is 0.336 e. The van der Waals surface area contributed by atoms with E-state index in [2.05, 4.69) is 25.9 Å². The quantitative estimate of drug-likeness (QED) is 0.778. The fourth-order valence-corrected chi connectivity index (χ4v) is 2.37. The molecular formula is C15H9BrN2O2. The number of carboxylic acid groups (broad SMARTS) is 1. The van der Waals surface area contributed by atoms with Gasteiger partial charge in [0.2, 0.25) is 0 Å². The van der Waals surface area contributed by atoms with E-state index in [1.807, 2.05) is 6.07 Å². The maximum absolute atomic E-state index is 11.4. The van der Waals surface area contributed by atoms with Crippen molar-refractivity contribution in [1.29, 1.82) is 0 Å². The Hall–Kier alpha value is -2.27. The molecule has 1 N–H and O–H groups in total. The molecule has 2 aromatic heterocycles. The van der Waals surface area contributed by atoms with Crippen LogP contribution in [0.4, 0.5) is 0 Å². The van der Waals surface area contributed by atoms with Gasteiger partial charge in [-0.2, -0.15) is 0 Å². The van der Waals surface area contributed by atoms with Gasteiger partial charge in [-0.05, 0) is 30.3 Å². The average molecular weight is 329 g/mol. The fraction of sp³-hybridized carbons (Fsp3) is 0. The number of aromatic carboxylic acids is 1. The Morgan fingerprint density at radius 1 is 1.10 bits per heavy atom. The lowest BCUT2D eigenvalue weighted by Gasteiger charge is -2.07. The first-order valence-corrected chi connectivity index (χ1v) is 6.69. The molecule has 0 radical (unpaired) electrons. The summed E-state index contributed by atoms with van der Waals surface area (Å²) in [6, 6.07) is 12.4. The molecule has 5 heteroatoms. The van der Waals surface area contributed by atoms with Crippen LogP contribution in [0, 0.1) is 0 Å². The van der Waals surface area contributed by atoms with Gasteiger partial charge in [0.05, 0.1) is 22.5 Å². The predicted octanol–water partition coefficient (Wildman–Crippen LogP) is 3.76. The maximum Gasteiger partial charge on any atom is 0.336 e. The van der Waals surface area contributed by atoms with Crippen LogP contribution in [0.2, 0.25) is 0 Å². The number of hydrogen-bond acceptors (Lipinski definition) is 3. The fourth-order valence-electron chi connectivity index (χ4n) is 2.02. The van der Waals surface area contributed by atoms with Gasteiger partial charge >= 0.3 is 5.97 Å². The zero-order valence-corrected chi connectivity index (χ0v) is 11.8. The third-order valence-electron chi connectivity index (χ3n) is 2.93. The Balaban J connectivity index is 2.32. The van der Waals surface area contributed by atoms with Gasteiger partial charge in [0.1, 0.15) is 0 Å². The summed E-state index contributed by atoms with van der Waals surface area (Å²) in [5.41, 5.74) is 2.05. The van der Waals surface area contributed by atoms with E-state index in [1.165, 1.54) is 0 Å². The van der Waals surface area contributed by atoms with Crippen molar-refractivity contribution in [2.45, 2.75) is 0 Å². The Bertz CT molecular complexity index is 804. The highest BCUT2D eigenvalue weighted by atomic mass is 79.9. The highest BCUT2D eigenvalue weighted by Gasteiger charge is 2.13. The first-order chi connectivity index (χ1) is 9.65. The molecule has 1 aromatic carbocycles. The average Bonchev–Trinajstić information content (AvgIpc) is 2.46. The summed E-state index contributed by atoms with van der Waals surface area (Å²) in [7, 11) is 0. The predicted molar refractivity (Wildman–Crippen MR) is 79.6 cm³/mol. The molecule has 3 rings (SSSR count). The van der Waals surface area contributed by atoms with E-state index >= 15 is 0 Å². The van der Waals surface area contributed by atoms with Gasteiger partial charge in [-0.15, -0.1) is 0 Å². The number of carboxylic acids is 1. The summed E-state index contributed by atoms with van der Waals surface area (Å²) in [4.78, 5) is 20.1. The normalized spacial score (nSPS) is 10.7. The van der Waals surface area contributed by atoms with Crippen LogP contribution in [-0.4, -0.2) is 21.0 Å². The highest BCUT2D eigenvalue weighted by molar-refractivity contribution is 9.10. The molecule has 2 heterocycles. The molecule has 0 saturated carbocycles. The second-order valence-electron chi connectivity index (χ2n) is 4.24. The van der Waals surface area contributed by atoms with Crippen LogP contribution < -0.4 is 0 Å². The lowest BCUT2D eigenvalue weighted by molar-refractivity contribution is 0.0699. The molecule has 4 nitrogen and oxygen atoms in total. The van der Waals surface area contributed by atoms with Crippen molar-refractivity contribution in [3.05, 3.63) is 58.7 Å². The number of benzene rings is 1. The molecular weight excluding hydrogens is 320 g/mol. The van der Waals surface area contributed by atoms with Crippen molar-refractivity contribution in [3.63, 3.8) is 0 Å². The molecule has 0 bridgehead atoms. The van der Waals surface area contributed by atoms with Gasteiger partial charge in [-0.3, -0.25) is 4.98 Å². The number of pyridine rings is 2. The lowest BCUT2D eigenvalue weighted by Crippen LogP contribution is -2.00. The van der Waals surface area contributed by atoms with Crippen molar-refractivity contribution in [2.75, 3.05) is 0 Å². The van der Waals surface area contributed by atoms with E-state index in [0.717, 1.165) is 4.47 Å². The number of aromatic nitrogens is 2. The summed E-state index contributed by atoms with van der Waals surface area (Å²) >= 11 is 3.37. The molecule has 0 spiro atoms. The first-order valence-electron chi connectivity index (χ1n) is 5.90. The monoisotopic (exact) mass is 328 g/mol. The number of rotatable bonds is 2. The van der Waals surface area contributed by atoms with Crippen LogP contribution in [0.3, 0.4) is 0 Å². The lowest BCUT2D eigenvalue weighted by atomic mass is 10.1. The molecule has 0 atom stereocenters. The van der Waals surface area contributed by atoms with Crippen LogP contribution in [0.15, 0.2) is 53.1 Å². The van der Waals surface area contributed by atoms with E-state index in [9.17, 15) is 9.90 Å². The summed E-state index contributed by atoms with van der Waals surface area (Å²) in [5.74, 6) is -0.975. The zero-order chi connectivity index (χ0) is 14.1. The molecule has 20 heavy (non-hydrogen) atoms. The minimum Gasteiger partial charge on any atom is -0.478 e. The number of hydrogen-bond donors (Lipinski definition) is 1. The Kier molecular flexibility index (Phi) is 3.20. The number of nitrogens with zero attached hydrogens (tertiary/aromatic N) is 2. The van der Waals surface area contributed by atoms with Gasteiger partial charge in [0.15, 0.2) is 0 Å². The van der Waals surface area contributed by atoms with Crippen LogP contribution in [0.5, 0.6) is 0 Å². The zero-order valence-electron chi connectivity index (χ0n) is 10.2. The van der Waals surface area contributed by atoms with E-state index < -0.39 is 5.97 Å². The van der Waals surface area contributed by atoms with Crippen LogP contribution in [0.25, 0.3) is 22.3 Å². The van der Waals surface area contributed by atoms with E-state index in [-0.39, 0.29) is 5.56 Å². The highest BCUT2D eigenvalue weighted by Crippen LogP contribution is 2.26. The third kappa shape index (κ3) is 2.28. The first kappa shape index (κ1) is 12.7. The topological polar surface area (TPSA) is 63.1 Å². The van der Waals surface area contributed by atoms with Crippen molar-refractivity contribution >= 4 is 32.8 Å². The van der Waals surface area contributed by atoms with Crippen LogP contribution in [-0.2, 0) is 0 Å². The Labute approximate surface area is 123 Å². The van der Waals surface area contributed by atoms with Gasteiger partial charge in [-0.1, -0.05) is 28.1 Å². The van der Waals surface area contributed by atoms with E-state index in [1.54, 1.807) is 42.6 Å². The Morgan fingerprint density at radius 3 is 2.65 bits per heavy atom. The second-order valence-corrected chi connectivity index (χ2v) is 5.15. The number of fused-ring (bicyclic) bond motifs is 1. The van der Waals surface area contributed by atoms with Crippen molar-refractivity contribution in [2.24, 2.45) is 0 Å². The molecule has 0 aliphatic heterocycles. The molecule has 0 aliphatic carbocycles. The minimum atomic E-state index is -0.975. The SMILES string of the molecule is O=C(O)c1cc(-c2ccccn2)nc2cc(Br)ccc12. The van der Waals surface area contributed by atoms with E-state index in [0.29, 0.717) is 22.3 Å². The molecule has 98 valence electrons. The van der Waals surface area contributed by atoms with Crippen LogP contribution >= 0.6 is 15.9 Å². The molecule has 0 amide bonds. The molecule has 0 unspecified atom stereocenters. The summed E-state index contributed by atoms with van der Waals surface area (Å²) in [6.07, 6.45) is 1.66. The maximum atomic E-state index is 11.4. The van der Waals surface area contributed by atoms with Gasteiger partial charge in [-0.25, -0.2) is 9.78 Å². The van der Waals surface area contributed by atoms with Crippen molar-refractivity contribution < 1.29 is 9.90 Å². The number of carbonyl (C=O) groups is 1. The summed E-state index contributed by atoms with van der Waals surface area (Å²) in [5, 5.41) is 9.98. The van der Waals surface area contributed by atoms with Crippen LogP contribution in [0.1, 0.15) is 10.4 Å². The Morgan fingerprint density at radius 2 is 1.95 bits per heavy atom. The summed E-state index contributed by atoms with van der Waals surface area (Å²) < 4.78 is 0.854. The minimum absolute atomic E-state index is 0.225. The summed E-state index contributed by atoms with van der Waals surface area (Å²) in [6.45, 7) is 0. The number of halogens is 1. The van der Waals surface area contributed by atoms with Gasteiger partial charge in [0, 0.05) is 16.1 Å². The molecule has 0 fully saturated rings. The molecule has 0 saturated heterocycles. The van der Waals surface area contributed by atoms with Gasteiger partial charge in [0.25, 0.3) is 0 Å². The largest absolute Gasteiger partial charge is 0.478 e. The second kappa shape index (κ2) is 5.02. The third-order valence-corrected chi connectivity index (χ3v) is 3.42. The molecule has 0 aliphatic rings. The van der Waals surface area contributed by atoms with Gasteiger partial charge < -0.3 is 5.11 Å². The van der Waals surface area contributed by atoms with E-state index in [4.69, 9.17) is 0 Å². The standard InChI is InChI=1S/C15H9BrN2O2/c16-9-4-5-10-11(15(19)20)8-14(18-13(10)7-9)12-3-1-2-6-17-12/h1-8H,(H,19,20). The van der Waals surface area contributed by atoms with Crippen molar-refractivity contribution in [3.8, 4) is 11.4 Å². The van der Waals surface area contributed by atoms with Crippen molar-refractivity contribution in [1.82, 2.24) is 9.97 Å². The molecule has 3 aromatic rings.